The molecule has 1 aliphatic heterocycles. The van der Waals surface area contributed by atoms with Gasteiger partial charge >= 0.3 is 0 Å². The predicted octanol–water partition coefficient (Wildman–Crippen LogP) is 2.27. The van der Waals surface area contributed by atoms with Crippen molar-refractivity contribution in [2.24, 2.45) is 0 Å². The van der Waals surface area contributed by atoms with Crippen molar-refractivity contribution in [1.82, 2.24) is 4.90 Å². The molecular weight excluding hydrogens is 186 g/mol. The van der Waals surface area contributed by atoms with Gasteiger partial charge in [0.2, 0.25) is 0 Å². The van der Waals surface area contributed by atoms with Gasteiger partial charge in [-0.15, -0.1) is 0 Å². The molecule has 1 unspecified atom stereocenters. The summed E-state index contributed by atoms with van der Waals surface area (Å²) in [4.78, 5) is 2.61. The van der Waals surface area contributed by atoms with E-state index >= 15 is 0 Å². The summed E-state index contributed by atoms with van der Waals surface area (Å²) in [7, 11) is 0. The van der Waals surface area contributed by atoms with Crippen LogP contribution in [0.2, 0.25) is 0 Å². The Kier molecular flexibility index (Phi) is 6.31. The van der Waals surface area contributed by atoms with Crippen LogP contribution in [0.25, 0.3) is 0 Å². The van der Waals surface area contributed by atoms with Crippen LogP contribution in [0.4, 0.5) is 0 Å². The molecule has 2 heteroatoms. The fourth-order valence-electron chi connectivity index (χ4n) is 1.69. The molecule has 0 saturated carbocycles. The molecule has 0 aromatic carbocycles. The summed E-state index contributed by atoms with van der Waals surface area (Å²) >= 11 is 0. The summed E-state index contributed by atoms with van der Waals surface area (Å²) in [6, 6.07) is 0.867. The van der Waals surface area contributed by atoms with E-state index in [0.29, 0.717) is 0 Å². The molecule has 71 valence electrons. The summed E-state index contributed by atoms with van der Waals surface area (Å²) in [6.45, 7) is 7.29. The van der Waals surface area contributed by atoms with Crippen LogP contribution >= 0.6 is 0 Å². The van der Waals surface area contributed by atoms with E-state index < -0.39 is 0 Å². The van der Waals surface area contributed by atoms with E-state index in [2.05, 4.69) is 18.7 Å². The average Bonchev–Trinajstić information content (AvgIpc) is 2.31. The SMILES string of the molecule is CCCCN1CCCC1C.[Cu]. The Morgan fingerprint density at radius 3 is 2.64 bits per heavy atom. The summed E-state index contributed by atoms with van der Waals surface area (Å²) in [6.07, 6.45) is 5.56. The number of unbranched alkanes of at least 4 members (excludes halogenated alkanes) is 1. The first-order valence-corrected chi connectivity index (χ1v) is 4.58. The zero-order valence-electron chi connectivity index (χ0n) is 7.57. The van der Waals surface area contributed by atoms with Crippen LogP contribution in [0, 0.1) is 0 Å². The van der Waals surface area contributed by atoms with E-state index in [1.54, 1.807) is 0 Å². The number of nitrogens with zero attached hydrogens (tertiary/aromatic N) is 1. The van der Waals surface area contributed by atoms with Gasteiger partial charge in [0.25, 0.3) is 0 Å². The maximum absolute atomic E-state index is 2.61. The van der Waals surface area contributed by atoms with Crippen molar-refractivity contribution in [3.8, 4) is 0 Å². The van der Waals surface area contributed by atoms with E-state index in [9.17, 15) is 0 Å². The van der Waals surface area contributed by atoms with Crippen molar-refractivity contribution >= 4 is 0 Å². The van der Waals surface area contributed by atoms with E-state index in [1.807, 2.05) is 0 Å². The minimum absolute atomic E-state index is 0. The zero-order chi connectivity index (χ0) is 7.40. The van der Waals surface area contributed by atoms with Gasteiger partial charge < -0.3 is 4.90 Å². The Bertz CT molecular complexity index is 95.6. The number of hydrogen-bond donors (Lipinski definition) is 0. The van der Waals surface area contributed by atoms with Crippen molar-refractivity contribution < 1.29 is 17.1 Å². The van der Waals surface area contributed by atoms with Gasteiger partial charge in [-0.3, -0.25) is 0 Å². The fourth-order valence-corrected chi connectivity index (χ4v) is 1.69. The summed E-state index contributed by atoms with van der Waals surface area (Å²) in [5.74, 6) is 0. The fraction of sp³-hybridized carbons (Fsp3) is 1.00. The molecule has 1 heterocycles. The Balaban J connectivity index is 0.000001000. The molecular formula is C9H19CuN. The molecule has 1 radical (unpaired) electrons. The van der Waals surface area contributed by atoms with Crippen LogP contribution in [0.5, 0.6) is 0 Å². The first kappa shape index (κ1) is 11.5. The molecule has 0 aromatic heterocycles. The standard InChI is InChI=1S/C9H19N.Cu/c1-3-4-7-10-8-5-6-9(10)2;/h9H,3-8H2,1-2H3;. The Labute approximate surface area is 81.0 Å². The van der Waals surface area contributed by atoms with Gasteiger partial charge in [0.15, 0.2) is 0 Å². The second-order valence-electron chi connectivity index (χ2n) is 3.38. The van der Waals surface area contributed by atoms with E-state index in [-0.39, 0.29) is 17.1 Å². The third-order valence-electron chi connectivity index (χ3n) is 2.49. The van der Waals surface area contributed by atoms with Crippen molar-refractivity contribution in [2.45, 2.75) is 45.6 Å². The Hall–Kier alpha value is 0.479. The number of likely N-dealkylation sites (tertiary alicyclic amines) is 1. The van der Waals surface area contributed by atoms with Gasteiger partial charge in [-0.05, 0) is 39.3 Å². The first-order chi connectivity index (χ1) is 4.84. The normalized spacial score (nSPS) is 25.1. The average molecular weight is 205 g/mol. The van der Waals surface area contributed by atoms with Crippen LogP contribution in [0.15, 0.2) is 0 Å². The number of hydrogen-bond acceptors (Lipinski definition) is 1. The zero-order valence-corrected chi connectivity index (χ0v) is 8.51. The second kappa shape index (κ2) is 6.05. The first-order valence-electron chi connectivity index (χ1n) is 4.58. The van der Waals surface area contributed by atoms with Crippen LogP contribution in [-0.2, 0) is 17.1 Å². The smallest absolute Gasteiger partial charge is 0.00674 e. The van der Waals surface area contributed by atoms with Crippen molar-refractivity contribution in [3.63, 3.8) is 0 Å². The van der Waals surface area contributed by atoms with Crippen molar-refractivity contribution in [1.29, 1.82) is 0 Å². The van der Waals surface area contributed by atoms with Crippen LogP contribution in [0.1, 0.15) is 39.5 Å². The molecule has 0 N–H and O–H groups in total. The molecule has 0 aliphatic carbocycles. The van der Waals surface area contributed by atoms with Crippen LogP contribution in [0.3, 0.4) is 0 Å². The van der Waals surface area contributed by atoms with Gasteiger partial charge in [-0.25, -0.2) is 0 Å². The molecule has 1 atom stereocenters. The predicted molar refractivity (Wildman–Crippen MR) is 45.2 cm³/mol. The van der Waals surface area contributed by atoms with E-state index in [0.717, 1.165) is 6.04 Å². The summed E-state index contributed by atoms with van der Waals surface area (Å²) in [5.41, 5.74) is 0. The van der Waals surface area contributed by atoms with Crippen LogP contribution < -0.4 is 0 Å². The molecule has 0 aromatic rings. The molecule has 1 saturated heterocycles. The molecule has 0 spiro atoms. The Morgan fingerprint density at radius 1 is 1.45 bits per heavy atom. The molecule has 0 amide bonds. The maximum atomic E-state index is 2.61. The van der Waals surface area contributed by atoms with Crippen molar-refractivity contribution in [2.75, 3.05) is 13.1 Å². The van der Waals surface area contributed by atoms with Crippen molar-refractivity contribution in [3.05, 3.63) is 0 Å². The third kappa shape index (κ3) is 3.59. The van der Waals surface area contributed by atoms with Gasteiger partial charge in [0.1, 0.15) is 0 Å². The molecule has 11 heavy (non-hydrogen) atoms. The molecule has 1 fully saturated rings. The molecule has 0 bridgehead atoms. The Morgan fingerprint density at radius 2 is 2.18 bits per heavy atom. The largest absolute Gasteiger partial charge is 0.301 e. The molecule has 1 rings (SSSR count). The van der Waals surface area contributed by atoms with Crippen LogP contribution in [-0.4, -0.2) is 24.0 Å². The number of rotatable bonds is 3. The van der Waals surface area contributed by atoms with Gasteiger partial charge in [0, 0.05) is 23.1 Å². The minimum atomic E-state index is 0. The molecule has 1 aliphatic rings. The molecule has 1 nitrogen and oxygen atoms in total. The second-order valence-corrected chi connectivity index (χ2v) is 3.38. The minimum Gasteiger partial charge on any atom is -0.301 e. The quantitative estimate of drug-likeness (QED) is 0.638. The van der Waals surface area contributed by atoms with Gasteiger partial charge in [0.05, 0.1) is 0 Å². The van der Waals surface area contributed by atoms with Gasteiger partial charge in [-0.1, -0.05) is 13.3 Å². The van der Waals surface area contributed by atoms with E-state index in [4.69, 9.17) is 0 Å². The monoisotopic (exact) mass is 204 g/mol. The summed E-state index contributed by atoms with van der Waals surface area (Å²) < 4.78 is 0. The topological polar surface area (TPSA) is 3.24 Å². The van der Waals surface area contributed by atoms with E-state index in [1.165, 1.54) is 38.8 Å². The third-order valence-corrected chi connectivity index (χ3v) is 2.49. The van der Waals surface area contributed by atoms with Gasteiger partial charge in [-0.2, -0.15) is 0 Å². The maximum Gasteiger partial charge on any atom is 0.00674 e. The summed E-state index contributed by atoms with van der Waals surface area (Å²) in [5, 5.41) is 0.